The molecule has 0 amide bonds. The highest BCUT2D eigenvalue weighted by Gasteiger charge is 2.20. The fourth-order valence-corrected chi connectivity index (χ4v) is 9.01. The van der Waals surface area contributed by atoms with Gasteiger partial charge in [0.25, 0.3) is 0 Å². The highest BCUT2D eigenvalue weighted by Crippen LogP contribution is 2.41. The van der Waals surface area contributed by atoms with Gasteiger partial charge in [0, 0.05) is 33.0 Å². The van der Waals surface area contributed by atoms with Gasteiger partial charge < -0.3 is 4.42 Å². The molecular weight excluding hydrogens is 791 g/mol. The van der Waals surface area contributed by atoms with Crippen LogP contribution in [0.1, 0.15) is 0 Å². The standard InChI is InChI=1S/C61H39N3O/c1-4-13-40(14-5-1)43-25-27-44(28-26-43)45-29-33-47(34-30-45)59-62-60(51-36-32-46-31-35-49(38-52(46)39-51)42-17-8-3-9-18-42)64-61(63-59)55-23-12-24-56-57(55)54-22-11-21-53(58(54)65-56)50-20-10-19-48(37-50)41-15-6-2-7-16-41/h1-39H. The van der Waals surface area contributed by atoms with Gasteiger partial charge in [-0.15, -0.1) is 0 Å². The van der Waals surface area contributed by atoms with Gasteiger partial charge in [-0.2, -0.15) is 0 Å². The number of benzene rings is 10. The third kappa shape index (κ3) is 7.23. The summed E-state index contributed by atoms with van der Waals surface area (Å²) in [7, 11) is 0. The highest BCUT2D eigenvalue weighted by molar-refractivity contribution is 6.15. The predicted octanol–water partition coefficient (Wildman–Crippen LogP) is 16.3. The van der Waals surface area contributed by atoms with Crippen molar-refractivity contribution in [2.45, 2.75) is 0 Å². The first-order valence-corrected chi connectivity index (χ1v) is 21.9. The molecule has 0 aliphatic rings. The summed E-state index contributed by atoms with van der Waals surface area (Å²) >= 11 is 0. The molecule has 0 N–H and O–H groups in total. The first-order chi connectivity index (χ1) is 32.2. The van der Waals surface area contributed by atoms with Gasteiger partial charge in [-0.05, 0) is 85.1 Å². The minimum absolute atomic E-state index is 0.577. The van der Waals surface area contributed by atoms with Gasteiger partial charge in [-0.1, -0.05) is 212 Å². The molecule has 65 heavy (non-hydrogen) atoms. The second kappa shape index (κ2) is 16.2. The Morgan fingerprint density at radius 1 is 0.262 bits per heavy atom. The average molecular weight is 830 g/mol. The van der Waals surface area contributed by atoms with Gasteiger partial charge in [0.15, 0.2) is 17.5 Å². The number of para-hydroxylation sites is 1. The molecule has 12 aromatic rings. The second-order valence-electron chi connectivity index (χ2n) is 16.4. The van der Waals surface area contributed by atoms with Gasteiger partial charge >= 0.3 is 0 Å². The molecule has 4 nitrogen and oxygen atoms in total. The Morgan fingerprint density at radius 3 is 1.34 bits per heavy atom. The van der Waals surface area contributed by atoms with E-state index in [4.69, 9.17) is 19.4 Å². The third-order valence-electron chi connectivity index (χ3n) is 12.4. The van der Waals surface area contributed by atoms with Crippen LogP contribution in [0.25, 0.3) is 123 Å². The summed E-state index contributed by atoms with van der Waals surface area (Å²) < 4.78 is 6.79. The zero-order chi connectivity index (χ0) is 43.1. The van der Waals surface area contributed by atoms with Crippen LogP contribution in [-0.4, -0.2) is 15.0 Å². The van der Waals surface area contributed by atoms with E-state index in [1.54, 1.807) is 0 Å². The van der Waals surface area contributed by atoms with Gasteiger partial charge in [-0.3, -0.25) is 0 Å². The maximum absolute atomic E-state index is 6.79. The zero-order valence-electron chi connectivity index (χ0n) is 35.3. The van der Waals surface area contributed by atoms with E-state index in [9.17, 15) is 0 Å². The van der Waals surface area contributed by atoms with Crippen molar-refractivity contribution < 1.29 is 4.42 Å². The molecule has 10 aromatic carbocycles. The molecule has 304 valence electrons. The SMILES string of the molecule is c1ccc(-c2ccc(-c3ccc(-c4nc(-c5ccc6ccc(-c7ccccc7)cc6c5)nc(-c5cccc6oc7c(-c8cccc(-c9ccccc9)c8)cccc7c56)n4)cc3)cc2)cc1. The summed E-state index contributed by atoms with van der Waals surface area (Å²) in [6, 6.07) is 82.9. The lowest BCUT2D eigenvalue weighted by Crippen LogP contribution is -2.00. The fraction of sp³-hybridized carbons (Fsp3) is 0. The lowest BCUT2D eigenvalue weighted by Gasteiger charge is -2.11. The van der Waals surface area contributed by atoms with E-state index in [0.29, 0.717) is 17.5 Å². The summed E-state index contributed by atoms with van der Waals surface area (Å²) in [6.07, 6.45) is 0. The molecule has 0 bridgehead atoms. The van der Waals surface area contributed by atoms with E-state index in [1.165, 1.54) is 22.3 Å². The van der Waals surface area contributed by atoms with E-state index < -0.39 is 0 Å². The van der Waals surface area contributed by atoms with Gasteiger partial charge in [0.1, 0.15) is 11.2 Å². The molecule has 12 rings (SSSR count). The number of aromatic nitrogens is 3. The van der Waals surface area contributed by atoms with Crippen LogP contribution in [0, 0.1) is 0 Å². The Morgan fingerprint density at radius 2 is 0.692 bits per heavy atom. The third-order valence-corrected chi connectivity index (χ3v) is 12.4. The fourth-order valence-electron chi connectivity index (χ4n) is 9.01. The molecule has 2 aromatic heterocycles. The lowest BCUT2D eigenvalue weighted by molar-refractivity contribution is 0.670. The average Bonchev–Trinajstić information content (AvgIpc) is 3.79. The Labute approximate surface area is 376 Å². The molecule has 0 aliphatic carbocycles. The predicted molar refractivity (Wildman–Crippen MR) is 268 cm³/mol. The van der Waals surface area contributed by atoms with Crippen molar-refractivity contribution in [3.05, 3.63) is 237 Å². The van der Waals surface area contributed by atoms with Gasteiger partial charge in [0.05, 0.1) is 0 Å². The molecule has 0 saturated heterocycles. The molecule has 0 atom stereocenters. The van der Waals surface area contributed by atoms with Crippen LogP contribution in [0.4, 0.5) is 0 Å². The number of hydrogen-bond acceptors (Lipinski definition) is 4. The minimum atomic E-state index is 0.577. The van der Waals surface area contributed by atoms with Crippen molar-refractivity contribution in [1.29, 1.82) is 0 Å². The number of nitrogens with zero attached hydrogens (tertiary/aromatic N) is 3. The van der Waals surface area contributed by atoms with E-state index in [1.807, 2.05) is 30.3 Å². The first-order valence-electron chi connectivity index (χ1n) is 21.9. The van der Waals surface area contributed by atoms with Crippen molar-refractivity contribution in [3.8, 4) is 89.8 Å². The normalized spacial score (nSPS) is 11.4. The van der Waals surface area contributed by atoms with Crippen LogP contribution in [-0.2, 0) is 0 Å². The Bertz CT molecular complexity index is 3670. The van der Waals surface area contributed by atoms with Crippen molar-refractivity contribution >= 4 is 32.7 Å². The van der Waals surface area contributed by atoms with Crippen LogP contribution >= 0.6 is 0 Å². The van der Waals surface area contributed by atoms with Crippen molar-refractivity contribution in [1.82, 2.24) is 15.0 Å². The second-order valence-corrected chi connectivity index (χ2v) is 16.4. The molecule has 0 saturated carbocycles. The Kier molecular flexibility index (Phi) is 9.46. The molecule has 0 fully saturated rings. The molecule has 0 unspecified atom stereocenters. The molecule has 2 heterocycles. The molecule has 0 spiro atoms. The molecular formula is C61H39N3O. The van der Waals surface area contributed by atoms with Gasteiger partial charge in [0.2, 0.25) is 0 Å². The number of rotatable bonds is 8. The van der Waals surface area contributed by atoms with Crippen molar-refractivity contribution in [2.24, 2.45) is 0 Å². The lowest BCUT2D eigenvalue weighted by atomic mass is 9.97. The number of hydrogen-bond donors (Lipinski definition) is 0. The van der Waals surface area contributed by atoms with E-state index >= 15 is 0 Å². The van der Waals surface area contributed by atoms with Gasteiger partial charge in [-0.25, -0.2) is 15.0 Å². The quantitative estimate of drug-likeness (QED) is 0.153. The maximum Gasteiger partial charge on any atom is 0.164 e. The molecule has 0 radical (unpaired) electrons. The topological polar surface area (TPSA) is 51.8 Å². The minimum Gasteiger partial charge on any atom is -0.455 e. The van der Waals surface area contributed by atoms with Crippen LogP contribution in [0.2, 0.25) is 0 Å². The summed E-state index contributed by atoms with van der Waals surface area (Å²) in [5.74, 6) is 1.77. The summed E-state index contributed by atoms with van der Waals surface area (Å²) in [6.45, 7) is 0. The monoisotopic (exact) mass is 829 g/mol. The number of furan rings is 1. The Balaban J connectivity index is 0.988. The smallest absolute Gasteiger partial charge is 0.164 e. The zero-order valence-corrected chi connectivity index (χ0v) is 35.3. The van der Waals surface area contributed by atoms with E-state index in [0.717, 1.165) is 82.8 Å². The summed E-state index contributed by atoms with van der Waals surface area (Å²) in [5.41, 5.74) is 15.7. The first kappa shape index (κ1) is 38.0. The van der Waals surface area contributed by atoms with Crippen LogP contribution in [0.5, 0.6) is 0 Å². The summed E-state index contributed by atoms with van der Waals surface area (Å²) in [4.78, 5) is 15.8. The highest BCUT2D eigenvalue weighted by atomic mass is 16.3. The van der Waals surface area contributed by atoms with Crippen LogP contribution in [0.3, 0.4) is 0 Å². The number of fused-ring (bicyclic) bond motifs is 4. The molecule has 4 heteroatoms. The van der Waals surface area contributed by atoms with E-state index in [-0.39, 0.29) is 0 Å². The Hall–Kier alpha value is -8.73. The van der Waals surface area contributed by atoms with Crippen molar-refractivity contribution in [2.75, 3.05) is 0 Å². The summed E-state index contributed by atoms with van der Waals surface area (Å²) in [5, 5.41) is 4.23. The van der Waals surface area contributed by atoms with Crippen LogP contribution < -0.4 is 0 Å². The van der Waals surface area contributed by atoms with Crippen molar-refractivity contribution in [3.63, 3.8) is 0 Å². The van der Waals surface area contributed by atoms with E-state index in [2.05, 4.69) is 206 Å². The molecule has 0 aliphatic heterocycles. The largest absolute Gasteiger partial charge is 0.455 e. The maximum atomic E-state index is 6.79. The van der Waals surface area contributed by atoms with Crippen LogP contribution in [0.15, 0.2) is 241 Å².